The Balaban J connectivity index is 2.31. The van der Waals surface area contributed by atoms with E-state index >= 15 is 0 Å². The number of carbonyl (C=O) groups is 2. The highest BCUT2D eigenvalue weighted by atomic mass is 16.6. The molecule has 0 saturated heterocycles. The van der Waals surface area contributed by atoms with Crippen molar-refractivity contribution in [3.05, 3.63) is 0 Å². The molecule has 0 radical (unpaired) electrons. The summed E-state index contributed by atoms with van der Waals surface area (Å²) in [6, 6.07) is 0. The summed E-state index contributed by atoms with van der Waals surface area (Å²) in [7, 11) is 0. The summed E-state index contributed by atoms with van der Waals surface area (Å²) < 4.78 is 4.50. The third-order valence-corrected chi connectivity index (χ3v) is 1.69. The van der Waals surface area contributed by atoms with E-state index < -0.39 is 12.1 Å². The molecule has 0 aromatic carbocycles. The molecule has 0 amide bonds. The molecule has 1 aliphatic rings. The van der Waals surface area contributed by atoms with Crippen molar-refractivity contribution in [1.82, 2.24) is 0 Å². The number of oxime groups is 1. The van der Waals surface area contributed by atoms with E-state index in [1.54, 1.807) is 0 Å². The van der Waals surface area contributed by atoms with E-state index in [4.69, 9.17) is 9.94 Å². The van der Waals surface area contributed by atoms with E-state index in [-0.39, 0.29) is 25.4 Å². The number of ketones is 1. The second kappa shape index (κ2) is 4.71. The van der Waals surface area contributed by atoms with Gasteiger partial charge in [0.2, 0.25) is 5.78 Å². The van der Waals surface area contributed by atoms with Crippen LogP contribution in [0.4, 0.5) is 0 Å². The predicted octanol–water partition coefficient (Wildman–Crippen LogP) is -0.744. The molecule has 0 fully saturated rings. The normalized spacial score (nSPS) is 19.9. The van der Waals surface area contributed by atoms with Crippen LogP contribution in [-0.2, 0) is 19.2 Å². The second-order valence-electron chi connectivity index (χ2n) is 2.86. The molecule has 14 heavy (non-hydrogen) atoms. The van der Waals surface area contributed by atoms with Gasteiger partial charge in [0.1, 0.15) is 0 Å². The van der Waals surface area contributed by atoms with Crippen molar-refractivity contribution in [1.29, 1.82) is 0 Å². The van der Waals surface area contributed by atoms with Gasteiger partial charge in [0.05, 0.1) is 12.3 Å². The second-order valence-corrected chi connectivity index (χ2v) is 2.86. The molecule has 1 aliphatic heterocycles. The topological polar surface area (TPSA) is 85.2 Å². The highest BCUT2D eigenvalue weighted by Gasteiger charge is 2.27. The van der Waals surface area contributed by atoms with E-state index in [0.717, 1.165) is 0 Å². The Kier molecular flexibility index (Phi) is 3.58. The van der Waals surface area contributed by atoms with Crippen molar-refractivity contribution >= 4 is 17.5 Å². The molecule has 0 spiro atoms. The van der Waals surface area contributed by atoms with Crippen LogP contribution in [-0.4, -0.2) is 41.9 Å². The fourth-order valence-electron chi connectivity index (χ4n) is 0.958. The Morgan fingerprint density at radius 3 is 2.93 bits per heavy atom. The van der Waals surface area contributed by atoms with Gasteiger partial charge >= 0.3 is 5.97 Å². The lowest BCUT2D eigenvalue weighted by atomic mass is 10.1. The first-order chi connectivity index (χ1) is 6.63. The first kappa shape index (κ1) is 10.6. The van der Waals surface area contributed by atoms with Crippen LogP contribution in [0.5, 0.6) is 0 Å². The van der Waals surface area contributed by atoms with E-state index in [9.17, 15) is 9.59 Å². The molecule has 6 heteroatoms. The van der Waals surface area contributed by atoms with Crippen molar-refractivity contribution < 1.29 is 24.3 Å². The van der Waals surface area contributed by atoms with Crippen molar-refractivity contribution in [2.75, 3.05) is 13.2 Å². The third-order valence-electron chi connectivity index (χ3n) is 1.69. The molecule has 78 valence electrons. The summed E-state index contributed by atoms with van der Waals surface area (Å²) >= 11 is 0. The van der Waals surface area contributed by atoms with Gasteiger partial charge in [-0.2, -0.15) is 0 Å². The number of ether oxygens (including phenoxy) is 1. The summed E-state index contributed by atoms with van der Waals surface area (Å²) in [5.74, 6) is -0.868. The van der Waals surface area contributed by atoms with Crippen LogP contribution in [0.2, 0.25) is 0 Å². The average molecular weight is 201 g/mol. The van der Waals surface area contributed by atoms with Gasteiger partial charge < -0.3 is 14.7 Å². The largest absolute Gasteiger partial charge is 0.458 e. The summed E-state index contributed by atoms with van der Waals surface area (Å²) in [5.41, 5.74) is 0.422. The fourth-order valence-corrected chi connectivity index (χ4v) is 0.958. The molecule has 0 bridgehead atoms. The fraction of sp³-hybridized carbons (Fsp3) is 0.625. The molecule has 0 aliphatic carbocycles. The molecular formula is C8H11NO5. The van der Waals surface area contributed by atoms with Gasteiger partial charge in [-0.05, 0) is 0 Å². The van der Waals surface area contributed by atoms with Gasteiger partial charge in [-0.15, -0.1) is 0 Å². The summed E-state index contributed by atoms with van der Waals surface area (Å²) in [6.45, 7) is 0.685. The van der Waals surface area contributed by atoms with Crippen molar-refractivity contribution in [3.8, 4) is 0 Å². The van der Waals surface area contributed by atoms with Crippen molar-refractivity contribution in [2.45, 2.75) is 19.4 Å². The van der Waals surface area contributed by atoms with Gasteiger partial charge in [-0.25, -0.2) is 0 Å². The quantitative estimate of drug-likeness (QED) is 0.605. The number of hydrogen-bond acceptors (Lipinski definition) is 6. The maximum atomic E-state index is 11.3. The average Bonchev–Trinajstić information content (AvgIpc) is 2.62. The lowest BCUT2D eigenvalue weighted by Crippen LogP contribution is -2.26. The van der Waals surface area contributed by atoms with Gasteiger partial charge in [-0.1, -0.05) is 5.16 Å². The molecule has 0 aromatic heterocycles. The van der Waals surface area contributed by atoms with E-state index in [1.807, 2.05) is 0 Å². The molecular weight excluding hydrogens is 190 g/mol. The lowest BCUT2D eigenvalue weighted by molar-refractivity contribution is -0.148. The maximum Gasteiger partial charge on any atom is 0.303 e. The zero-order chi connectivity index (χ0) is 10.6. The smallest absolute Gasteiger partial charge is 0.303 e. The highest BCUT2D eigenvalue weighted by molar-refractivity contribution is 5.95. The molecule has 1 atom stereocenters. The Bertz CT molecular complexity index is 273. The SMILES string of the molecule is CC(=O)OCC(=O)[C@@H]1CC(CO)=NO1. The van der Waals surface area contributed by atoms with Gasteiger partial charge in [0.15, 0.2) is 12.7 Å². The minimum atomic E-state index is -0.725. The highest BCUT2D eigenvalue weighted by Crippen LogP contribution is 2.11. The van der Waals surface area contributed by atoms with Gasteiger partial charge in [0.25, 0.3) is 0 Å². The number of carbonyl (C=O) groups excluding carboxylic acids is 2. The van der Waals surface area contributed by atoms with Crippen molar-refractivity contribution in [3.63, 3.8) is 0 Å². The van der Waals surface area contributed by atoms with Crippen molar-refractivity contribution in [2.24, 2.45) is 5.16 Å². The van der Waals surface area contributed by atoms with Crippen LogP contribution >= 0.6 is 0 Å². The third kappa shape index (κ3) is 2.81. The molecule has 1 N–H and O–H groups in total. The molecule has 1 rings (SSSR count). The Morgan fingerprint density at radius 2 is 2.43 bits per heavy atom. The first-order valence-electron chi connectivity index (χ1n) is 4.12. The summed E-state index contributed by atoms with van der Waals surface area (Å²) in [6.07, 6.45) is -0.465. The van der Waals surface area contributed by atoms with Gasteiger partial charge in [-0.3, -0.25) is 9.59 Å². The summed E-state index contributed by atoms with van der Waals surface area (Å²) in [5, 5.41) is 12.2. The molecule has 1 heterocycles. The maximum absolute atomic E-state index is 11.3. The minimum absolute atomic E-state index is 0.225. The standard InChI is InChI=1S/C8H11NO5/c1-5(11)13-4-7(12)8-2-6(3-10)9-14-8/h8,10H,2-4H2,1H3/t8-/m0/s1. The monoisotopic (exact) mass is 201 g/mol. The van der Waals surface area contributed by atoms with E-state index in [0.29, 0.717) is 5.71 Å². The zero-order valence-electron chi connectivity index (χ0n) is 7.73. The van der Waals surface area contributed by atoms with Gasteiger partial charge in [0, 0.05) is 13.3 Å². The van der Waals surface area contributed by atoms with Crippen LogP contribution in [0.15, 0.2) is 5.16 Å². The van der Waals surface area contributed by atoms with Crippen LogP contribution in [0, 0.1) is 0 Å². The number of Topliss-reactive ketones (excluding diaryl/α,β-unsaturated/α-hetero) is 1. The number of esters is 1. The Hall–Kier alpha value is -1.43. The van der Waals surface area contributed by atoms with Crippen LogP contribution in [0.3, 0.4) is 0 Å². The molecule has 6 nitrogen and oxygen atoms in total. The van der Waals surface area contributed by atoms with Crippen LogP contribution < -0.4 is 0 Å². The molecule has 0 aromatic rings. The van der Waals surface area contributed by atoms with E-state index in [2.05, 4.69) is 9.89 Å². The number of rotatable bonds is 4. The van der Waals surface area contributed by atoms with E-state index in [1.165, 1.54) is 6.92 Å². The van der Waals surface area contributed by atoms with Crippen LogP contribution in [0.1, 0.15) is 13.3 Å². The number of aliphatic hydroxyl groups is 1. The Morgan fingerprint density at radius 1 is 1.71 bits per heavy atom. The lowest BCUT2D eigenvalue weighted by Gasteiger charge is -2.06. The molecule has 0 saturated carbocycles. The molecule has 0 unspecified atom stereocenters. The number of aliphatic hydroxyl groups excluding tert-OH is 1. The first-order valence-corrected chi connectivity index (χ1v) is 4.12. The number of hydrogen-bond donors (Lipinski definition) is 1. The Labute approximate surface area is 80.5 Å². The summed E-state index contributed by atoms with van der Waals surface area (Å²) in [4.78, 5) is 26.4. The zero-order valence-corrected chi connectivity index (χ0v) is 7.73. The minimum Gasteiger partial charge on any atom is -0.458 e. The number of nitrogens with zero attached hydrogens (tertiary/aromatic N) is 1. The van der Waals surface area contributed by atoms with Crippen LogP contribution in [0.25, 0.3) is 0 Å². The predicted molar refractivity (Wildman–Crippen MR) is 45.7 cm³/mol.